The molecule has 0 spiro atoms. The van der Waals surface area contributed by atoms with Crippen LogP contribution in [-0.4, -0.2) is 35.1 Å². The van der Waals surface area contributed by atoms with Crippen molar-refractivity contribution in [3.63, 3.8) is 0 Å². The van der Waals surface area contributed by atoms with Gasteiger partial charge in [-0.25, -0.2) is 0 Å². The molecule has 0 heterocycles. The minimum atomic E-state index is -0.176. The summed E-state index contributed by atoms with van der Waals surface area (Å²) >= 11 is 0. The van der Waals surface area contributed by atoms with E-state index in [-0.39, 0.29) is 18.6 Å². The molecule has 0 aliphatic rings. The molecule has 0 aromatic heterocycles. The van der Waals surface area contributed by atoms with E-state index in [0.717, 1.165) is 11.1 Å². The first-order valence-electron chi connectivity index (χ1n) is 6.52. The third-order valence-corrected chi connectivity index (χ3v) is 3.00. The lowest BCUT2D eigenvalue weighted by atomic mass is 10.0. The standard InChI is InChI=1S/C16H21NO2/c1-5-17(12(2)3)16(19)15-11-14(7-6-10-18)9-8-13(15)4/h8-9,11-12,18H,5,10H2,1-4H3. The van der Waals surface area contributed by atoms with Gasteiger partial charge in [0.15, 0.2) is 0 Å². The number of benzene rings is 1. The van der Waals surface area contributed by atoms with Crippen molar-refractivity contribution in [3.05, 3.63) is 34.9 Å². The van der Waals surface area contributed by atoms with Crippen molar-refractivity contribution in [2.75, 3.05) is 13.2 Å². The van der Waals surface area contributed by atoms with Gasteiger partial charge in [0.25, 0.3) is 5.91 Å². The number of aliphatic hydroxyl groups is 1. The molecule has 0 atom stereocenters. The zero-order chi connectivity index (χ0) is 14.4. The lowest BCUT2D eigenvalue weighted by Crippen LogP contribution is -2.37. The number of amides is 1. The SMILES string of the molecule is CCN(C(=O)c1cc(C#CCO)ccc1C)C(C)C. The monoisotopic (exact) mass is 259 g/mol. The molecule has 0 saturated heterocycles. The second-order valence-corrected chi connectivity index (χ2v) is 4.67. The van der Waals surface area contributed by atoms with E-state index in [1.54, 1.807) is 6.07 Å². The largest absolute Gasteiger partial charge is 0.384 e. The molecule has 3 heteroatoms. The van der Waals surface area contributed by atoms with Crippen LogP contribution in [0.25, 0.3) is 0 Å². The van der Waals surface area contributed by atoms with Crippen LogP contribution < -0.4 is 0 Å². The Balaban J connectivity index is 3.14. The van der Waals surface area contributed by atoms with Gasteiger partial charge in [-0.3, -0.25) is 4.79 Å². The Hall–Kier alpha value is -1.79. The minimum Gasteiger partial charge on any atom is -0.384 e. The van der Waals surface area contributed by atoms with Crippen molar-refractivity contribution < 1.29 is 9.90 Å². The molecule has 1 aromatic rings. The Morgan fingerprint density at radius 2 is 2.11 bits per heavy atom. The van der Waals surface area contributed by atoms with Crippen molar-refractivity contribution >= 4 is 5.91 Å². The molecule has 0 bridgehead atoms. The highest BCUT2D eigenvalue weighted by Crippen LogP contribution is 2.15. The van der Waals surface area contributed by atoms with E-state index >= 15 is 0 Å². The van der Waals surface area contributed by atoms with Crippen LogP contribution >= 0.6 is 0 Å². The third kappa shape index (κ3) is 3.84. The van der Waals surface area contributed by atoms with Gasteiger partial charge in [0, 0.05) is 23.7 Å². The summed E-state index contributed by atoms with van der Waals surface area (Å²) in [6, 6.07) is 5.72. The van der Waals surface area contributed by atoms with Gasteiger partial charge in [0.05, 0.1) is 0 Å². The Morgan fingerprint density at radius 1 is 1.42 bits per heavy atom. The van der Waals surface area contributed by atoms with Crippen LogP contribution in [0, 0.1) is 18.8 Å². The highest BCUT2D eigenvalue weighted by atomic mass is 16.2. The number of hydrogen-bond donors (Lipinski definition) is 1. The first kappa shape index (κ1) is 15.3. The fraction of sp³-hybridized carbons (Fsp3) is 0.438. The normalized spacial score (nSPS) is 10.0. The summed E-state index contributed by atoms with van der Waals surface area (Å²) in [6.07, 6.45) is 0. The minimum absolute atomic E-state index is 0.0302. The molecule has 1 aromatic carbocycles. The molecule has 0 saturated carbocycles. The molecule has 3 nitrogen and oxygen atoms in total. The third-order valence-electron chi connectivity index (χ3n) is 3.00. The number of aliphatic hydroxyl groups excluding tert-OH is 1. The molecule has 0 radical (unpaired) electrons. The number of carbonyl (C=O) groups excluding carboxylic acids is 1. The van der Waals surface area contributed by atoms with Crippen LogP contribution in [-0.2, 0) is 0 Å². The van der Waals surface area contributed by atoms with Crippen LogP contribution in [0.15, 0.2) is 18.2 Å². The highest BCUT2D eigenvalue weighted by Gasteiger charge is 2.18. The van der Waals surface area contributed by atoms with Gasteiger partial charge in [-0.15, -0.1) is 0 Å². The van der Waals surface area contributed by atoms with Crippen LogP contribution in [0.1, 0.15) is 42.3 Å². The van der Waals surface area contributed by atoms with Gasteiger partial charge in [-0.1, -0.05) is 17.9 Å². The van der Waals surface area contributed by atoms with E-state index in [1.165, 1.54) is 0 Å². The van der Waals surface area contributed by atoms with E-state index in [0.29, 0.717) is 12.1 Å². The van der Waals surface area contributed by atoms with Crippen molar-refractivity contribution in [1.29, 1.82) is 0 Å². The Labute approximate surface area is 115 Å². The first-order valence-corrected chi connectivity index (χ1v) is 6.52. The Morgan fingerprint density at radius 3 is 2.63 bits per heavy atom. The van der Waals surface area contributed by atoms with Crippen LogP contribution in [0.5, 0.6) is 0 Å². The van der Waals surface area contributed by atoms with Crippen molar-refractivity contribution in [2.45, 2.75) is 33.7 Å². The first-order chi connectivity index (χ1) is 9.01. The van der Waals surface area contributed by atoms with Crippen molar-refractivity contribution in [2.24, 2.45) is 0 Å². The summed E-state index contributed by atoms with van der Waals surface area (Å²) in [5, 5.41) is 8.71. The lowest BCUT2D eigenvalue weighted by molar-refractivity contribution is 0.0716. The van der Waals surface area contributed by atoms with Gasteiger partial charge in [-0.05, 0) is 45.4 Å². The van der Waals surface area contributed by atoms with Crippen molar-refractivity contribution in [3.8, 4) is 11.8 Å². The molecule has 0 aliphatic carbocycles. The van der Waals surface area contributed by atoms with Crippen LogP contribution in [0.3, 0.4) is 0 Å². The molecule has 1 N–H and O–H groups in total. The average Bonchev–Trinajstić information content (AvgIpc) is 2.38. The number of hydrogen-bond acceptors (Lipinski definition) is 2. The summed E-state index contributed by atoms with van der Waals surface area (Å²) < 4.78 is 0. The second kappa shape index (κ2) is 6.96. The highest BCUT2D eigenvalue weighted by molar-refractivity contribution is 5.96. The maximum absolute atomic E-state index is 12.5. The molecule has 19 heavy (non-hydrogen) atoms. The zero-order valence-corrected chi connectivity index (χ0v) is 12.0. The predicted octanol–water partition coefficient (Wildman–Crippen LogP) is 2.21. The summed E-state index contributed by atoms with van der Waals surface area (Å²) in [4.78, 5) is 14.3. The van der Waals surface area contributed by atoms with Gasteiger partial charge in [0.2, 0.25) is 0 Å². The van der Waals surface area contributed by atoms with Crippen LogP contribution in [0.4, 0.5) is 0 Å². The maximum Gasteiger partial charge on any atom is 0.254 e. The average molecular weight is 259 g/mol. The lowest BCUT2D eigenvalue weighted by Gasteiger charge is -2.26. The Kier molecular flexibility index (Phi) is 5.59. The quantitative estimate of drug-likeness (QED) is 0.845. The Bertz CT molecular complexity index is 509. The van der Waals surface area contributed by atoms with E-state index in [4.69, 9.17) is 5.11 Å². The summed E-state index contributed by atoms with van der Waals surface area (Å²) in [6.45, 7) is 8.42. The molecule has 1 amide bonds. The number of nitrogens with zero attached hydrogens (tertiary/aromatic N) is 1. The van der Waals surface area contributed by atoms with Gasteiger partial charge in [0.1, 0.15) is 6.61 Å². The van der Waals surface area contributed by atoms with Crippen LogP contribution in [0.2, 0.25) is 0 Å². The fourth-order valence-corrected chi connectivity index (χ4v) is 1.97. The van der Waals surface area contributed by atoms with Gasteiger partial charge in [-0.2, -0.15) is 0 Å². The van der Waals surface area contributed by atoms with E-state index < -0.39 is 0 Å². The fourth-order valence-electron chi connectivity index (χ4n) is 1.97. The van der Waals surface area contributed by atoms with Crippen molar-refractivity contribution in [1.82, 2.24) is 4.90 Å². The zero-order valence-electron chi connectivity index (χ0n) is 12.0. The van der Waals surface area contributed by atoms with E-state index in [1.807, 2.05) is 44.7 Å². The molecular formula is C16H21NO2. The topological polar surface area (TPSA) is 40.5 Å². The second-order valence-electron chi connectivity index (χ2n) is 4.67. The molecule has 102 valence electrons. The molecule has 0 aliphatic heterocycles. The molecule has 0 unspecified atom stereocenters. The van der Waals surface area contributed by atoms with E-state index in [2.05, 4.69) is 11.8 Å². The summed E-state index contributed by atoms with van der Waals surface area (Å²) in [5.74, 6) is 5.46. The van der Waals surface area contributed by atoms with Gasteiger partial charge < -0.3 is 10.0 Å². The number of carbonyl (C=O) groups is 1. The summed E-state index contributed by atoms with van der Waals surface area (Å²) in [7, 11) is 0. The number of aryl methyl sites for hydroxylation is 1. The molecular weight excluding hydrogens is 238 g/mol. The molecule has 0 fully saturated rings. The smallest absolute Gasteiger partial charge is 0.254 e. The number of rotatable bonds is 3. The van der Waals surface area contributed by atoms with E-state index in [9.17, 15) is 4.79 Å². The van der Waals surface area contributed by atoms with Gasteiger partial charge >= 0.3 is 0 Å². The summed E-state index contributed by atoms with van der Waals surface area (Å²) in [5.41, 5.74) is 2.38. The predicted molar refractivity (Wildman–Crippen MR) is 77.0 cm³/mol. The maximum atomic E-state index is 12.5. The molecule has 1 rings (SSSR count).